The number of benzene rings is 2. The van der Waals surface area contributed by atoms with Gasteiger partial charge < -0.3 is 15.2 Å². The summed E-state index contributed by atoms with van der Waals surface area (Å²) in [4.78, 5) is 0. The minimum absolute atomic E-state index is 0.0855. The third kappa shape index (κ3) is 3.26. The van der Waals surface area contributed by atoms with Crippen LogP contribution in [0.25, 0.3) is 0 Å². The van der Waals surface area contributed by atoms with Crippen molar-refractivity contribution in [3.05, 3.63) is 65.2 Å². The Morgan fingerprint density at radius 1 is 1.19 bits per heavy atom. The van der Waals surface area contributed by atoms with Gasteiger partial charge in [-0.25, -0.2) is 0 Å². The van der Waals surface area contributed by atoms with Crippen molar-refractivity contribution in [2.45, 2.75) is 32.1 Å². The number of rotatable bonds is 3. The number of hydrogen-bond acceptors (Lipinski definition) is 3. The van der Waals surface area contributed by atoms with E-state index in [9.17, 15) is 5.11 Å². The molecule has 2 aromatic rings. The summed E-state index contributed by atoms with van der Waals surface area (Å²) in [5, 5.41) is 13.6. The second kappa shape index (κ2) is 6.29. The molecule has 1 aliphatic rings. The fraction of sp³-hybridized carbons (Fsp3) is 0.333. The van der Waals surface area contributed by atoms with Gasteiger partial charge in [-0.2, -0.15) is 0 Å². The van der Waals surface area contributed by atoms with Gasteiger partial charge in [0.2, 0.25) is 0 Å². The Bertz CT molecular complexity index is 597. The average molecular weight is 283 g/mol. The van der Waals surface area contributed by atoms with Gasteiger partial charge in [0.1, 0.15) is 12.4 Å². The molecular formula is C18H21NO2. The van der Waals surface area contributed by atoms with Crippen molar-refractivity contribution < 1.29 is 9.84 Å². The maximum atomic E-state index is 10.3. The monoisotopic (exact) mass is 283 g/mol. The summed E-state index contributed by atoms with van der Waals surface area (Å²) in [7, 11) is 0. The molecular weight excluding hydrogens is 262 g/mol. The molecule has 0 amide bonds. The zero-order chi connectivity index (χ0) is 14.7. The van der Waals surface area contributed by atoms with Crippen LogP contribution in [0.5, 0.6) is 5.75 Å². The molecule has 0 saturated carbocycles. The van der Waals surface area contributed by atoms with Crippen LogP contribution in [0, 0.1) is 0 Å². The summed E-state index contributed by atoms with van der Waals surface area (Å²) in [6.07, 6.45) is 0.463. The number of hydrogen-bond donors (Lipinski definition) is 2. The minimum Gasteiger partial charge on any atom is -0.489 e. The van der Waals surface area contributed by atoms with E-state index in [0.717, 1.165) is 29.8 Å². The first-order valence-corrected chi connectivity index (χ1v) is 7.45. The van der Waals surface area contributed by atoms with Gasteiger partial charge in [0.15, 0.2) is 0 Å². The Labute approximate surface area is 125 Å². The quantitative estimate of drug-likeness (QED) is 0.910. The van der Waals surface area contributed by atoms with Crippen LogP contribution < -0.4 is 10.1 Å². The molecule has 1 aliphatic heterocycles. The molecule has 3 nitrogen and oxygen atoms in total. The van der Waals surface area contributed by atoms with Crippen molar-refractivity contribution in [2.75, 3.05) is 6.54 Å². The van der Waals surface area contributed by atoms with Crippen molar-refractivity contribution in [1.82, 2.24) is 5.32 Å². The molecule has 110 valence electrons. The third-order valence-corrected chi connectivity index (χ3v) is 4.02. The molecule has 21 heavy (non-hydrogen) atoms. The third-order valence-electron chi connectivity index (χ3n) is 4.02. The van der Waals surface area contributed by atoms with Crippen LogP contribution in [-0.2, 0) is 13.0 Å². The van der Waals surface area contributed by atoms with Crippen LogP contribution in [-0.4, -0.2) is 17.7 Å². The Morgan fingerprint density at radius 2 is 2.00 bits per heavy atom. The second-order valence-corrected chi connectivity index (χ2v) is 5.57. The maximum Gasteiger partial charge on any atom is 0.120 e. The summed E-state index contributed by atoms with van der Waals surface area (Å²) < 4.78 is 5.86. The number of aliphatic hydroxyl groups is 1. The maximum absolute atomic E-state index is 10.3. The first-order chi connectivity index (χ1) is 10.2. The van der Waals surface area contributed by atoms with Crippen molar-refractivity contribution in [1.29, 1.82) is 0 Å². The molecule has 2 atom stereocenters. The molecule has 0 spiro atoms. The van der Waals surface area contributed by atoms with Gasteiger partial charge in [-0.1, -0.05) is 36.4 Å². The van der Waals surface area contributed by atoms with E-state index < -0.39 is 6.10 Å². The summed E-state index contributed by atoms with van der Waals surface area (Å²) in [5.41, 5.74) is 3.34. The minimum atomic E-state index is -0.453. The van der Waals surface area contributed by atoms with E-state index in [1.165, 1.54) is 5.56 Å². The molecule has 1 heterocycles. The first kappa shape index (κ1) is 14.1. The van der Waals surface area contributed by atoms with E-state index in [0.29, 0.717) is 6.61 Å². The SMILES string of the molecule is CC1NCCc2cc(OCc3ccccc3)ccc2C1O. The Hall–Kier alpha value is -1.84. The lowest BCUT2D eigenvalue weighted by molar-refractivity contribution is 0.140. The largest absolute Gasteiger partial charge is 0.489 e. The summed E-state index contributed by atoms with van der Waals surface area (Å²) in [6, 6.07) is 16.2. The molecule has 0 fully saturated rings. The summed E-state index contributed by atoms with van der Waals surface area (Å²) in [5.74, 6) is 0.861. The predicted molar refractivity (Wildman–Crippen MR) is 83.3 cm³/mol. The molecule has 0 aliphatic carbocycles. The van der Waals surface area contributed by atoms with Crippen LogP contribution in [0.1, 0.15) is 29.7 Å². The van der Waals surface area contributed by atoms with E-state index in [1.54, 1.807) is 0 Å². The Kier molecular flexibility index (Phi) is 4.23. The Balaban J connectivity index is 1.75. The zero-order valence-corrected chi connectivity index (χ0v) is 12.3. The summed E-state index contributed by atoms with van der Waals surface area (Å²) >= 11 is 0. The molecule has 2 N–H and O–H groups in total. The number of aliphatic hydroxyl groups excluding tert-OH is 1. The van der Waals surface area contributed by atoms with Gasteiger partial charge >= 0.3 is 0 Å². The molecule has 2 aromatic carbocycles. The van der Waals surface area contributed by atoms with Crippen LogP contribution in [0.2, 0.25) is 0 Å². The average Bonchev–Trinajstić information content (AvgIpc) is 2.66. The normalized spacial score (nSPS) is 21.4. The second-order valence-electron chi connectivity index (χ2n) is 5.57. The predicted octanol–water partition coefficient (Wildman–Crippen LogP) is 2.83. The van der Waals surface area contributed by atoms with E-state index in [-0.39, 0.29) is 6.04 Å². The van der Waals surface area contributed by atoms with Crippen molar-refractivity contribution in [3.63, 3.8) is 0 Å². The van der Waals surface area contributed by atoms with Crippen molar-refractivity contribution in [2.24, 2.45) is 0 Å². The molecule has 2 unspecified atom stereocenters. The van der Waals surface area contributed by atoms with Crippen molar-refractivity contribution >= 4 is 0 Å². The lowest BCUT2D eigenvalue weighted by atomic mass is 9.98. The molecule has 3 rings (SSSR count). The highest BCUT2D eigenvalue weighted by Gasteiger charge is 2.22. The van der Waals surface area contributed by atoms with Gasteiger partial charge in [-0.3, -0.25) is 0 Å². The highest BCUT2D eigenvalue weighted by Crippen LogP contribution is 2.28. The van der Waals surface area contributed by atoms with E-state index in [4.69, 9.17) is 4.74 Å². The van der Waals surface area contributed by atoms with Gasteiger partial charge in [-0.05, 0) is 48.7 Å². The lowest BCUT2D eigenvalue weighted by Gasteiger charge is -2.18. The van der Waals surface area contributed by atoms with Crippen LogP contribution in [0.3, 0.4) is 0 Å². The van der Waals surface area contributed by atoms with Gasteiger partial charge in [0, 0.05) is 6.04 Å². The fourth-order valence-electron chi connectivity index (χ4n) is 2.73. The molecule has 0 radical (unpaired) electrons. The first-order valence-electron chi connectivity index (χ1n) is 7.45. The highest BCUT2D eigenvalue weighted by atomic mass is 16.5. The summed E-state index contributed by atoms with van der Waals surface area (Å²) in [6.45, 7) is 3.46. The zero-order valence-electron chi connectivity index (χ0n) is 12.3. The fourth-order valence-corrected chi connectivity index (χ4v) is 2.73. The number of nitrogens with one attached hydrogen (secondary N) is 1. The van der Waals surface area contributed by atoms with Gasteiger partial charge in [0.05, 0.1) is 6.10 Å². The Morgan fingerprint density at radius 3 is 2.81 bits per heavy atom. The molecule has 3 heteroatoms. The standard InChI is InChI=1S/C18H21NO2/c1-13-18(20)17-8-7-16(11-15(17)9-10-19-13)21-12-14-5-3-2-4-6-14/h2-8,11,13,18-20H,9-10,12H2,1H3. The molecule has 0 saturated heterocycles. The number of fused-ring (bicyclic) bond motifs is 1. The number of ether oxygens (including phenoxy) is 1. The van der Waals surface area contributed by atoms with Crippen LogP contribution in [0.15, 0.2) is 48.5 Å². The van der Waals surface area contributed by atoms with E-state index in [1.807, 2.05) is 37.3 Å². The molecule has 0 aromatic heterocycles. The van der Waals surface area contributed by atoms with E-state index in [2.05, 4.69) is 23.5 Å². The van der Waals surface area contributed by atoms with Gasteiger partial charge in [0.25, 0.3) is 0 Å². The molecule has 0 bridgehead atoms. The highest BCUT2D eigenvalue weighted by molar-refractivity contribution is 5.38. The smallest absolute Gasteiger partial charge is 0.120 e. The van der Waals surface area contributed by atoms with Crippen LogP contribution in [0.4, 0.5) is 0 Å². The van der Waals surface area contributed by atoms with Crippen LogP contribution >= 0.6 is 0 Å². The topological polar surface area (TPSA) is 41.5 Å². The van der Waals surface area contributed by atoms with E-state index >= 15 is 0 Å². The van der Waals surface area contributed by atoms with Crippen molar-refractivity contribution in [3.8, 4) is 5.75 Å². The lowest BCUT2D eigenvalue weighted by Crippen LogP contribution is -2.30. The van der Waals surface area contributed by atoms with Gasteiger partial charge in [-0.15, -0.1) is 0 Å².